The maximum atomic E-state index is 9.65. The number of aromatic hydroxyl groups is 1. The number of hydrogen-bond acceptors (Lipinski definition) is 4. The summed E-state index contributed by atoms with van der Waals surface area (Å²) in [6.07, 6.45) is 0. The summed E-state index contributed by atoms with van der Waals surface area (Å²) in [5.74, 6) is 2.43. The number of nitrogens with two attached hydrogens (primary N) is 1. The SMILES string of the molecule is COc1cc(O)cc(C[NH2+]Cc2cc(OC)cc(OC)c2)c1. The van der Waals surface area contributed by atoms with Crippen molar-refractivity contribution >= 4 is 0 Å². The van der Waals surface area contributed by atoms with Crippen molar-refractivity contribution in [3.8, 4) is 23.0 Å². The average molecular weight is 304 g/mol. The smallest absolute Gasteiger partial charge is 0.123 e. The van der Waals surface area contributed by atoms with Gasteiger partial charge >= 0.3 is 0 Å². The van der Waals surface area contributed by atoms with Gasteiger partial charge in [0.15, 0.2) is 0 Å². The maximum absolute atomic E-state index is 9.65. The number of benzene rings is 2. The second kappa shape index (κ2) is 7.56. The van der Waals surface area contributed by atoms with Crippen LogP contribution in [0.2, 0.25) is 0 Å². The Bertz CT molecular complexity index is 606. The van der Waals surface area contributed by atoms with Gasteiger partial charge < -0.3 is 24.6 Å². The lowest BCUT2D eigenvalue weighted by Crippen LogP contribution is -2.80. The molecule has 2 aromatic rings. The lowest BCUT2D eigenvalue weighted by Gasteiger charge is -2.09. The third kappa shape index (κ3) is 4.30. The second-order valence-electron chi connectivity index (χ2n) is 4.96. The van der Waals surface area contributed by atoms with Crippen LogP contribution < -0.4 is 19.5 Å². The van der Waals surface area contributed by atoms with E-state index in [1.807, 2.05) is 24.3 Å². The standard InChI is InChI=1S/C17H21NO4/c1-20-15-5-12(4-14(19)8-15)10-18-11-13-6-16(21-2)9-17(7-13)22-3/h4-9,18-19H,10-11H2,1-3H3/p+1. The van der Waals surface area contributed by atoms with Gasteiger partial charge in [-0.15, -0.1) is 0 Å². The topological polar surface area (TPSA) is 64.5 Å². The summed E-state index contributed by atoms with van der Waals surface area (Å²) < 4.78 is 15.7. The van der Waals surface area contributed by atoms with E-state index in [2.05, 4.69) is 5.32 Å². The third-order valence-electron chi connectivity index (χ3n) is 3.36. The summed E-state index contributed by atoms with van der Waals surface area (Å²) in [5.41, 5.74) is 2.12. The molecule has 0 aliphatic rings. The molecule has 0 fully saturated rings. The van der Waals surface area contributed by atoms with E-state index in [4.69, 9.17) is 14.2 Å². The van der Waals surface area contributed by atoms with Crippen molar-refractivity contribution < 1.29 is 24.6 Å². The third-order valence-corrected chi connectivity index (χ3v) is 3.36. The lowest BCUT2D eigenvalue weighted by molar-refractivity contribution is -0.686. The van der Waals surface area contributed by atoms with Crippen LogP contribution in [-0.4, -0.2) is 26.4 Å². The number of methoxy groups -OCH3 is 3. The molecular formula is C17H22NO4+. The number of hydrogen-bond donors (Lipinski definition) is 2. The minimum atomic E-state index is 0.214. The van der Waals surface area contributed by atoms with Crippen LogP contribution in [0.3, 0.4) is 0 Å². The van der Waals surface area contributed by atoms with Crippen LogP contribution in [0.1, 0.15) is 11.1 Å². The Hall–Kier alpha value is -2.40. The molecule has 2 aromatic carbocycles. The number of phenolic OH excluding ortho intramolecular Hbond substituents is 1. The summed E-state index contributed by atoms with van der Waals surface area (Å²) in [6.45, 7) is 1.52. The maximum Gasteiger partial charge on any atom is 0.123 e. The van der Waals surface area contributed by atoms with E-state index in [0.29, 0.717) is 5.75 Å². The average Bonchev–Trinajstić information content (AvgIpc) is 2.53. The van der Waals surface area contributed by atoms with Crippen LogP contribution in [0.4, 0.5) is 0 Å². The highest BCUT2D eigenvalue weighted by Crippen LogP contribution is 2.22. The molecule has 0 aromatic heterocycles. The number of rotatable bonds is 7. The largest absolute Gasteiger partial charge is 0.508 e. The summed E-state index contributed by atoms with van der Waals surface area (Å²) in [5, 5.41) is 11.8. The first-order chi connectivity index (χ1) is 10.6. The molecule has 5 nitrogen and oxygen atoms in total. The van der Waals surface area contributed by atoms with Crippen LogP contribution >= 0.6 is 0 Å². The fourth-order valence-corrected chi connectivity index (χ4v) is 2.27. The first kappa shape index (κ1) is 16.0. The molecule has 22 heavy (non-hydrogen) atoms. The Kier molecular flexibility index (Phi) is 5.49. The zero-order valence-electron chi connectivity index (χ0n) is 13.1. The first-order valence-electron chi connectivity index (χ1n) is 7.05. The fraction of sp³-hybridized carbons (Fsp3) is 0.294. The molecular weight excluding hydrogens is 282 g/mol. The van der Waals surface area contributed by atoms with Crippen molar-refractivity contribution in [3.63, 3.8) is 0 Å². The van der Waals surface area contributed by atoms with Gasteiger partial charge in [-0.25, -0.2) is 0 Å². The minimum absolute atomic E-state index is 0.214. The van der Waals surface area contributed by atoms with Crippen LogP contribution in [-0.2, 0) is 13.1 Å². The van der Waals surface area contributed by atoms with Crippen molar-refractivity contribution in [1.82, 2.24) is 0 Å². The predicted octanol–water partition coefficient (Wildman–Crippen LogP) is 1.68. The van der Waals surface area contributed by atoms with E-state index in [0.717, 1.165) is 35.7 Å². The van der Waals surface area contributed by atoms with Gasteiger partial charge in [0.25, 0.3) is 0 Å². The van der Waals surface area contributed by atoms with Crippen molar-refractivity contribution in [2.75, 3.05) is 21.3 Å². The van der Waals surface area contributed by atoms with Crippen molar-refractivity contribution in [2.45, 2.75) is 13.1 Å². The van der Waals surface area contributed by atoms with E-state index in [1.54, 1.807) is 33.5 Å². The quantitative estimate of drug-likeness (QED) is 0.817. The zero-order valence-corrected chi connectivity index (χ0v) is 13.1. The van der Waals surface area contributed by atoms with E-state index in [-0.39, 0.29) is 5.75 Å². The van der Waals surface area contributed by atoms with Crippen LogP contribution in [0.25, 0.3) is 0 Å². The molecule has 0 aliphatic carbocycles. The number of quaternary nitrogens is 1. The molecule has 3 N–H and O–H groups in total. The molecule has 0 unspecified atom stereocenters. The molecule has 0 saturated heterocycles. The molecule has 0 spiro atoms. The molecule has 0 bridgehead atoms. The molecule has 0 aliphatic heterocycles. The van der Waals surface area contributed by atoms with Gasteiger partial charge in [-0.3, -0.25) is 0 Å². The van der Waals surface area contributed by atoms with Gasteiger partial charge in [0.1, 0.15) is 36.1 Å². The predicted molar refractivity (Wildman–Crippen MR) is 83.5 cm³/mol. The van der Waals surface area contributed by atoms with E-state index in [1.165, 1.54) is 0 Å². The molecule has 2 rings (SSSR count). The fourth-order valence-electron chi connectivity index (χ4n) is 2.27. The number of phenols is 1. The number of ether oxygens (including phenoxy) is 3. The Morgan fingerprint density at radius 3 is 1.68 bits per heavy atom. The Morgan fingerprint density at radius 1 is 0.727 bits per heavy atom. The van der Waals surface area contributed by atoms with E-state index < -0.39 is 0 Å². The lowest BCUT2D eigenvalue weighted by atomic mass is 10.1. The van der Waals surface area contributed by atoms with Crippen molar-refractivity contribution in [2.24, 2.45) is 0 Å². The Labute approximate surface area is 130 Å². The monoisotopic (exact) mass is 304 g/mol. The Balaban J connectivity index is 2.00. The van der Waals surface area contributed by atoms with Crippen LogP contribution in [0.5, 0.6) is 23.0 Å². The summed E-state index contributed by atoms with van der Waals surface area (Å²) in [7, 11) is 4.87. The highest BCUT2D eigenvalue weighted by atomic mass is 16.5. The van der Waals surface area contributed by atoms with Crippen LogP contribution in [0, 0.1) is 0 Å². The van der Waals surface area contributed by atoms with E-state index >= 15 is 0 Å². The zero-order chi connectivity index (χ0) is 15.9. The normalized spacial score (nSPS) is 10.3. The Morgan fingerprint density at radius 2 is 1.18 bits per heavy atom. The summed E-state index contributed by atoms with van der Waals surface area (Å²) in [4.78, 5) is 0. The molecule has 0 atom stereocenters. The highest BCUT2D eigenvalue weighted by Gasteiger charge is 2.05. The van der Waals surface area contributed by atoms with Gasteiger partial charge in [0.2, 0.25) is 0 Å². The molecule has 0 amide bonds. The molecule has 0 heterocycles. The molecule has 0 radical (unpaired) electrons. The van der Waals surface area contributed by atoms with E-state index in [9.17, 15) is 5.11 Å². The second-order valence-corrected chi connectivity index (χ2v) is 4.96. The van der Waals surface area contributed by atoms with Gasteiger partial charge in [-0.05, 0) is 24.3 Å². The van der Waals surface area contributed by atoms with Gasteiger partial charge in [-0.2, -0.15) is 0 Å². The molecule has 0 saturated carbocycles. The summed E-state index contributed by atoms with van der Waals surface area (Å²) in [6, 6.07) is 11.1. The first-order valence-corrected chi connectivity index (χ1v) is 7.05. The van der Waals surface area contributed by atoms with Crippen molar-refractivity contribution in [3.05, 3.63) is 47.5 Å². The minimum Gasteiger partial charge on any atom is -0.508 e. The van der Waals surface area contributed by atoms with Crippen LogP contribution in [0.15, 0.2) is 36.4 Å². The van der Waals surface area contributed by atoms with Gasteiger partial charge in [0, 0.05) is 23.3 Å². The molecule has 118 valence electrons. The summed E-state index contributed by atoms with van der Waals surface area (Å²) >= 11 is 0. The van der Waals surface area contributed by atoms with Gasteiger partial charge in [0.05, 0.1) is 21.3 Å². The molecule has 5 heteroatoms. The highest BCUT2D eigenvalue weighted by molar-refractivity contribution is 5.38. The van der Waals surface area contributed by atoms with Crippen molar-refractivity contribution in [1.29, 1.82) is 0 Å². The van der Waals surface area contributed by atoms with Gasteiger partial charge in [-0.1, -0.05) is 0 Å².